The number of carbonyl (C=O) groups is 1. The fraction of sp³-hybridized carbons (Fsp3) is 0.250. The van der Waals surface area contributed by atoms with Gasteiger partial charge in [0.25, 0.3) is 0 Å². The summed E-state index contributed by atoms with van der Waals surface area (Å²) in [4.78, 5) is 31.1. The smallest absolute Gasteiger partial charge is 0.176 e. The molecule has 0 atom stereocenters. The number of aromatic amines is 1. The van der Waals surface area contributed by atoms with Crippen molar-refractivity contribution in [2.75, 3.05) is 28.3 Å². The number of imidazole rings is 1. The minimum atomic E-state index is -0.907. The van der Waals surface area contributed by atoms with Crippen LogP contribution >= 0.6 is 0 Å². The second-order valence-electron chi connectivity index (χ2n) is 7.89. The number of nitrogens with zero attached hydrogens (tertiary/aromatic N) is 4. The van der Waals surface area contributed by atoms with E-state index < -0.39 is 11.6 Å². The number of hydrogen-bond acceptors (Lipinski definition) is 7. The van der Waals surface area contributed by atoms with Crippen molar-refractivity contribution in [3.8, 4) is 22.6 Å². The van der Waals surface area contributed by atoms with E-state index in [-0.39, 0.29) is 51.4 Å². The van der Waals surface area contributed by atoms with Gasteiger partial charge in [-0.2, -0.15) is 0 Å². The summed E-state index contributed by atoms with van der Waals surface area (Å²) < 4.78 is 40.4. The SMILES string of the molecule is COc1cc(OC)c(F)c(-c2ccc(C(=O)Cc3ncc(CN(C)C)[nH]3)c3nccnc23)c1F. The van der Waals surface area contributed by atoms with Gasteiger partial charge in [-0.1, -0.05) is 6.07 Å². The Morgan fingerprint density at radius 1 is 1.00 bits per heavy atom. The van der Waals surface area contributed by atoms with Crippen molar-refractivity contribution in [1.29, 1.82) is 0 Å². The molecule has 0 fully saturated rings. The molecule has 0 bridgehead atoms. The Hall–Kier alpha value is -3.92. The molecule has 10 heteroatoms. The standard InChI is InChI=1S/C24H23F2N5O3/c1-31(2)12-13-11-29-19(30-13)9-16(32)14-5-6-15(24-23(14)27-7-8-28-24)20-21(25)17(33-3)10-18(34-4)22(20)26/h5-8,10-11H,9,12H2,1-4H3,(H,29,30). The molecule has 0 unspecified atom stereocenters. The Labute approximate surface area is 194 Å². The minimum absolute atomic E-state index is 0.00809. The van der Waals surface area contributed by atoms with Gasteiger partial charge in [-0.25, -0.2) is 13.8 Å². The maximum Gasteiger partial charge on any atom is 0.176 e. The van der Waals surface area contributed by atoms with Crippen molar-refractivity contribution in [3.05, 3.63) is 65.5 Å². The maximum absolute atomic E-state index is 15.2. The van der Waals surface area contributed by atoms with E-state index in [1.165, 1.54) is 38.7 Å². The molecular weight excluding hydrogens is 444 g/mol. The van der Waals surface area contributed by atoms with E-state index in [1.807, 2.05) is 19.0 Å². The van der Waals surface area contributed by atoms with Crippen LogP contribution in [0, 0.1) is 11.6 Å². The summed E-state index contributed by atoms with van der Waals surface area (Å²) in [6.07, 6.45) is 4.51. The molecule has 0 saturated heterocycles. The molecule has 2 aromatic carbocycles. The number of aromatic nitrogens is 4. The third-order valence-corrected chi connectivity index (χ3v) is 5.26. The number of Topliss-reactive ketones (excluding diaryl/α,β-unsaturated/α-hetero) is 1. The van der Waals surface area contributed by atoms with Gasteiger partial charge < -0.3 is 19.4 Å². The molecule has 8 nitrogen and oxygen atoms in total. The molecule has 2 aromatic heterocycles. The number of H-pyrrole nitrogens is 1. The van der Waals surface area contributed by atoms with Gasteiger partial charge in [0.15, 0.2) is 28.9 Å². The fourth-order valence-corrected chi connectivity index (χ4v) is 3.77. The minimum Gasteiger partial charge on any atom is -0.494 e. The van der Waals surface area contributed by atoms with Crippen molar-refractivity contribution in [2.24, 2.45) is 0 Å². The number of ketones is 1. The Morgan fingerprint density at radius 2 is 1.65 bits per heavy atom. The molecule has 0 spiro atoms. The second kappa shape index (κ2) is 9.52. The van der Waals surface area contributed by atoms with Crippen molar-refractivity contribution < 1.29 is 23.0 Å². The highest BCUT2D eigenvalue weighted by Gasteiger charge is 2.25. The van der Waals surface area contributed by atoms with Crippen LogP contribution < -0.4 is 9.47 Å². The summed E-state index contributed by atoms with van der Waals surface area (Å²) in [6, 6.07) is 4.07. The van der Waals surface area contributed by atoms with Crippen molar-refractivity contribution in [2.45, 2.75) is 13.0 Å². The zero-order valence-electron chi connectivity index (χ0n) is 19.1. The number of ether oxygens (including phenoxy) is 2. The van der Waals surface area contributed by atoms with E-state index >= 15 is 8.78 Å². The number of nitrogens with one attached hydrogen (secondary N) is 1. The molecular formula is C24H23F2N5O3. The predicted molar refractivity (Wildman–Crippen MR) is 122 cm³/mol. The average Bonchev–Trinajstić information content (AvgIpc) is 3.25. The van der Waals surface area contributed by atoms with Gasteiger partial charge in [0, 0.05) is 48.0 Å². The highest BCUT2D eigenvalue weighted by atomic mass is 19.1. The quantitative estimate of drug-likeness (QED) is 0.394. The Bertz CT molecular complexity index is 1340. The topological polar surface area (TPSA) is 93.2 Å². The molecule has 0 amide bonds. The number of carbonyl (C=O) groups excluding carboxylic acids is 1. The molecule has 176 valence electrons. The molecule has 34 heavy (non-hydrogen) atoms. The van der Waals surface area contributed by atoms with Gasteiger partial charge in [-0.3, -0.25) is 14.8 Å². The van der Waals surface area contributed by atoms with Crippen LogP contribution in [0.1, 0.15) is 21.9 Å². The molecule has 0 aliphatic rings. The Kier molecular flexibility index (Phi) is 6.51. The molecule has 0 saturated carbocycles. The van der Waals surface area contributed by atoms with E-state index in [0.29, 0.717) is 12.4 Å². The average molecular weight is 467 g/mol. The molecule has 1 N–H and O–H groups in total. The summed E-state index contributed by atoms with van der Waals surface area (Å²) in [5.74, 6) is -1.93. The maximum atomic E-state index is 15.2. The van der Waals surface area contributed by atoms with E-state index in [9.17, 15) is 4.79 Å². The van der Waals surface area contributed by atoms with Gasteiger partial charge in [-0.05, 0) is 20.2 Å². The number of methoxy groups -OCH3 is 2. The van der Waals surface area contributed by atoms with Crippen LogP contribution in [0.4, 0.5) is 8.78 Å². The number of fused-ring (bicyclic) bond motifs is 1. The molecule has 2 heterocycles. The lowest BCUT2D eigenvalue weighted by molar-refractivity contribution is 0.0992. The summed E-state index contributed by atoms with van der Waals surface area (Å²) >= 11 is 0. The zero-order valence-corrected chi connectivity index (χ0v) is 19.1. The summed E-state index contributed by atoms with van der Waals surface area (Å²) in [6.45, 7) is 0.658. The second-order valence-corrected chi connectivity index (χ2v) is 7.89. The van der Waals surface area contributed by atoms with E-state index in [4.69, 9.17) is 9.47 Å². The monoisotopic (exact) mass is 467 g/mol. The number of rotatable bonds is 8. The third-order valence-electron chi connectivity index (χ3n) is 5.26. The first kappa shape index (κ1) is 23.2. The first-order valence-corrected chi connectivity index (χ1v) is 10.4. The molecule has 4 rings (SSSR count). The summed E-state index contributed by atoms with van der Waals surface area (Å²) in [5.41, 5.74) is 1.30. The number of hydrogen-bond donors (Lipinski definition) is 1. The van der Waals surface area contributed by atoms with Crippen LogP contribution in [0.5, 0.6) is 11.5 Å². The number of benzene rings is 2. The highest BCUT2D eigenvalue weighted by Crippen LogP contribution is 2.40. The van der Waals surface area contributed by atoms with Gasteiger partial charge in [0.2, 0.25) is 0 Å². The molecule has 4 aromatic rings. The van der Waals surface area contributed by atoms with Crippen molar-refractivity contribution in [1.82, 2.24) is 24.8 Å². The normalized spacial score (nSPS) is 11.3. The van der Waals surface area contributed by atoms with Crippen LogP contribution in [0.25, 0.3) is 22.2 Å². The van der Waals surface area contributed by atoms with E-state index in [2.05, 4.69) is 19.9 Å². The van der Waals surface area contributed by atoms with Crippen LogP contribution in [0.2, 0.25) is 0 Å². The third kappa shape index (κ3) is 4.32. The lowest BCUT2D eigenvalue weighted by atomic mass is 9.97. The lowest BCUT2D eigenvalue weighted by Crippen LogP contribution is -2.11. The fourth-order valence-electron chi connectivity index (χ4n) is 3.77. The molecule has 0 radical (unpaired) electrons. The first-order valence-electron chi connectivity index (χ1n) is 10.4. The van der Waals surface area contributed by atoms with E-state index in [1.54, 1.807) is 6.20 Å². The first-order chi connectivity index (χ1) is 16.3. The van der Waals surface area contributed by atoms with Gasteiger partial charge >= 0.3 is 0 Å². The number of halogens is 2. The summed E-state index contributed by atoms with van der Waals surface area (Å²) in [5, 5.41) is 0. The van der Waals surface area contributed by atoms with Gasteiger partial charge in [-0.15, -0.1) is 0 Å². The zero-order chi connectivity index (χ0) is 24.4. The van der Waals surface area contributed by atoms with Gasteiger partial charge in [0.1, 0.15) is 11.3 Å². The molecule has 0 aliphatic heterocycles. The van der Waals surface area contributed by atoms with Crippen LogP contribution in [-0.2, 0) is 13.0 Å². The molecule has 0 aliphatic carbocycles. The summed E-state index contributed by atoms with van der Waals surface area (Å²) in [7, 11) is 6.42. The Balaban J connectivity index is 1.79. The van der Waals surface area contributed by atoms with Crippen molar-refractivity contribution in [3.63, 3.8) is 0 Å². The Morgan fingerprint density at radius 3 is 2.26 bits per heavy atom. The largest absolute Gasteiger partial charge is 0.494 e. The van der Waals surface area contributed by atoms with Crippen LogP contribution in [0.15, 0.2) is 36.8 Å². The van der Waals surface area contributed by atoms with Crippen LogP contribution in [0.3, 0.4) is 0 Å². The van der Waals surface area contributed by atoms with Crippen LogP contribution in [-0.4, -0.2) is 58.9 Å². The lowest BCUT2D eigenvalue weighted by Gasteiger charge is -2.14. The van der Waals surface area contributed by atoms with Crippen molar-refractivity contribution >= 4 is 16.8 Å². The highest BCUT2D eigenvalue weighted by molar-refractivity contribution is 6.09. The van der Waals surface area contributed by atoms with E-state index in [0.717, 1.165) is 11.8 Å². The predicted octanol–water partition coefficient (Wildman–Crippen LogP) is 3.80. The van der Waals surface area contributed by atoms with Gasteiger partial charge in [0.05, 0.1) is 31.7 Å².